The van der Waals surface area contributed by atoms with Crippen LogP contribution >= 0.6 is 11.3 Å². The monoisotopic (exact) mass is 443 g/mol. The van der Waals surface area contributed by atoms with Gasteiger partial charge < -0.3 is 21.1 Å². The van der Waals surface area contributed by atoms with Crippen LogP contribution < -0.4 is 16.4 Å². The summed E-state index contributed by atoms with van der Waals surface area (Å²) >= 11 is 1.33. The van der Waals surface area contributed by atoms with Crippen molar-refractivity contribution in [1.29, 1.82) is 0 Å². The number of hydrogen-bond acceptors (Lipinski definition) is 6. The van der Waals surface area contributed by atoms with Gasteiger partial charge in [-0.05, 0) is 42.9 Å². The summed E-state index contributed by atoms with van der Waals surface area (Å²) in [7, 11) is 0. The Bertz CT molecular complexity index is 1000. The minimum Gasteiger partial charge on any atom is -0.454 e. The molecular formula is C22H25N3O5S. The van der Waals surface area contributed by atoms with Crippen molar-refractivity contribution in [2.24, 2.45) is 11.7 Å². The Kier molecular flexibility index (Phi) is 7.06. The van der Waals surface area contributed by atoms with E-state index >= 15 is 0 Å². The predicted octanol–water partition coefficient (Wildman–Crippen LogP) is 2.27. The Morgan fingerprint density at radius 3 is 2.48 bits per heavy atom. The summed E-state index contributed by atoms with van der Waals surface area (Å²) in [4.78, 5) is 50.1. The average Bonchev–Trinajstić information content (AvgIpc) is 3.30. The number of nitrogens with one attached hydrogen (secondary N) is 2. The van der Waals surface area contributed by atoms with E-state index in [9.17, 15) is 19.2 Å². The fraction of sp³-hybridized carbons (Fsp3) is 0.364. The number of fused-ring (bicyclic) bond motifs is 1. The number of aryl methyl sites for hydroxylation is 1. The quantitative estimate of drug-likeness (QED) is 0.539. The number of primary amides is 1. The van der Waals surface area contributed by atoms with E-state index in [1.807, 2.05) is 0 Å². The molecule has 0 fully saturated rings. The summed E-state index contributed by atoms with van der Waals surface area (Å²) < 4.78 is 5.14. The normalized spacial score (nSPS) is 13.4. The molecule has 0 saturated carbocycles. The third-order valence-corrected chi connectivity index (χ3v) is 6.22. The molecule has 1 aliphatic rings. The molecule has 164 valence electrons. The van der Waals surface area contributed by atoms with Gasteiger partial charge in [0.25, 0.3) is 17.7 Å². The molecule has 0 saturated heterocycles. The number of rotatable bonds is 8. The minimum atomic E-state index is -0.910. The molecule has 0 bridgehead atoms. The Morgan fingerprint density at radius 1 is 1.13 bits per heavy atom. The smallest absolute Gasteiger partial charge is 0.329 e. The van der Waals surface area contributed by atoms with Crippen molar-refractivity contribution in [3.8, 4) is 0 Å². The molecule has 0 aliphatic heterocycles. The minimum absolute atomic E-state index is 0.245. The Morgan fingerprint density at radius 2 is 1.84 bits per heavy atom. The maximum absolute atomic E-state index is 12.5. The van der Waals surface area contributed by atoms with Crippen LogP contribution in [0.15, 0.2) is 30.3 Å². The third kappa shape index (κ3) is 5.29. The lowest BCUT2D eigenvalue weighted by molar-refractivity contribution is -0.150. The summed E-state index contributed by atoms with van der Waals surface area (Å²) in [5.41, 5.74) is 7.14. The van der Waals surface area contributed by atoms with E-state index in [0.29, 0.717) is 16.1 Å². The van der Waals surface area contributed by atoms with Crippen LogP contribution in [0.25, 0.3) is 0 Å². The topological polar surface area (TPSA) is 128 Å². The zero-order valence-electron chi connectivity index (χ0n) is 17.4. The van der Waals surface area contributed by atoms with Crippen molar-refractivity contribution in [1.82, 2.24) is 5.32 Å². The zero-order valence-corrected chi connectivity index (χ0v) is 18.2. The maximum atomic E-state index is 12.5. The van der Waals surface area contributed by atoms with Gasteiger partial charge in [-0.25, -0.2) is 4.79 Å². The lowest BCUT2D eigenvalue weighted by Crippen LogP contribution is -2.45. The fourth-order valence-electron chi connectivity index (χ4n) is 3.45. The van der Waals surface area contributed by atoms with Crippen molar-refractivity contribution in [3.63, 3.8) is 0 Å². The van der Waals surface area contributed by atoms with E-state index in [1.165, 1.54) is 11.3 Å². The molecule has 8 nitrogen and oxygen atoms in total. The number of carbonyl (C=O) groups is 4. The first-order chi connectivity index (χ1) is 14.8. The molecule has 1 unspecified atom stereocenters. The number of nitrogens with two attached hydrogens (primary N) is 1. The highest BCUT2D eigenvalue weighted by atomic mass is 32.1. The number of benzene rings is 1. The van der Waals surface area contributed by atoms with Crippen molar-refractivity contribution in [3.05, 3.63) is 51.9 Å². The highest BCUT2D eigenvalue weighted by Gasteiger charge is 2.28. The van der Waals surface area contributed by atoms with Gasteiger partial charge in [0, 0.05) is 10.4 Å². The first-order valence-electron chi connectivity index (χ1n) is 10.0. The summed E-state index contributed by atoms with van der Waals surface area (Å²) in [6, 6.07) is 7.61. The maximum Gasteiger partial charge on any atom is 0.329 e. The van der Waals surface area contributed by atoms with Crippen LogP contribution in [0, 0.1) is 5.92 Å². The number of esters is 1. The molecular weight excluding hydrogens is 418 g/mol. The Labute approximate surface area is 184 Å². The summed E-state index contributed by atoms with van der Waals surface area (Å²) in [5.74, 6) is -2.52. The van der Waals surface area contributed by atoms with Crippen molar-refractivity contribution >= 4 is 40.0 Å². The molecule has 3 amide bonds. The highest BCUT2D eigenvalue weighted by molar-refractivity contribution is 7.17. The zero-order chi connectivity index (χ0) is 22.5. The molecule has 1 atom stereocenters. The third-order valence-electron chi connectivity index (χ3n) is 5.01. The van der Waals surface area contributed by atoms with Crippen LogP contribution in [-0.2, 0) is 27.2 Å². The van der Waals surface area contributed by atoms with Gasteiger partial charge in [-0.3, -0.25) is 14.4 Å². The molecule has 31 heavy (non-hydrogen) atoms. The van der Waals surface area contributed by atoms with Gasteiger partial charge in [0.2, 0.25) is 0 Å². The lowest BCUT2D eigenvalue weighted by atomic mass is 10.0. The van der Waals surface area contributed by atoms with Gasteiger partial charge in [-0.1, -0.05) is 32.0 Å². The fourth-order valence-corrected chi connectivity index (χ4v) is 4.76. The van der Waals surface area contributed by atoms with E-state index in [0.717, 1.165) is 29.7 Å². The van der Waals surface area contributed by atoms with Gasteiger partial charge in [-0.2, -0.15) is 0 Å². The molecule has 3 rings (SSSR count). The van der Waals surface area contributed by atoms with E-state index in [1.54, 1.807) is 44.2 Å². The molecule has 0 radical (unpaired) electrons. The lowest BCUT2D eigenvalue weighted by Gasteiger charge is -2.20. The molecule has 0 spiro atoms. The molecule has 9 heteroatoms. The van der Waals surface area contributed by atoms with Gasteiger partial charge in [0.05, 0.1) is 5.56 Å². The Hall–Kier alpha value is -3.20. The summed E-state index contributed by atoms with van der Waals surface area (Å²) in [6.45, 7) is 3.00. The first-order valence-corrected chi connectivity index (χ1v) is 10.9. The van der Waals surface area contributed by atoms with Gasteiger partial charge in [0.1, 0.15) is 11.0 Å². The van der Waals surface area contributed by atoms with Crippen molar-refractivity contribution in [2.75, 3.05) is 11.9 Å². The summed E-state index contributed by atoms with van der Waals surface area (Å²) in [6.07, 6.45) is 2.56. The van der Waals surface area contributed by atoms with E-state index in [-0.39, 0.29) is 5.92 Å². The number of amides is 3. The second kappa shape index (κ2) is 9.74. The SMILES string of the molecule is CC(C)C(NC(=O)c1ccccc1)C(=O)OCC(=O)Nc1sc2c(c1C(N)=O)CCC2. The van der Waals surface area contributed by atoms with Crippen molar-refractivity contribution < 1.29 is 23.9 Å². The number of thiophene rings is 1. The number of ether oxygens (including phenoxy) is 1. The van der Waals surface area contributed by atoms with Crippen LogP contribution in [0.1, 0.15) is 51.4 Å². The van der Waals surface area contributed by atoms with Crippen LogP contribution in [0.4, 0.5) is 5.00 Å². The van der Waals surface area contributed by atoms with Crippen LogP contribution in [0.5, 0.6) is 0 Å². The second-order valence-electron chi connectivity index (χ2n) is 7.64. The molecule has 1 aromatic carbocycles. The number of carbonyl (C=O) groups excluding carboxylic acids is 4. The van der Waals surface area contributed by atoms with E-state index in [2.05, 4.69) is 10.6 Å². The summed E-state index contributed by atoms with van der Waals surface area (Å²) in [5, 5.41) is 5.66. The number of anilines is 1. The van der Waals surface area contributed by atoms with E-state index < -0.39 is 36.3 Å². The highest BCUT2D eigenvalue weighted by Crippen LogP contribution is 2.38. The molecule has 1 heterocycles. The van der Waals surface area contributed by atoms with Crippen LogP contribution in [0.2, 0.25) is 0 Å². The van der Waals surface area contributed by atoms with Crippen molar-refractivity contribution in [2.45, 2.75) is 39.2 Å². The molecule has 1 aromatic heterocycles. The van der Waals surface area contributed by atoms with Crippen LogP contribution in [-0.4, -0.2) is 36.3 Å². The van der Waals surface area contributed by atoms with Gasteiger partial charge >= 0.3 is 5.97 Å². The second-order valence-corrected chi connectivity index (χ2v) is 8.75. The predicted molar refractivity (Wildman–Crippen MR) is 117 cm³/mol. The molecule has 4 N–H and O–H groups in total. The van der Waals surface area contributed by atoms with Gasteiger partial charge in [0.15, 0.2) is 6.61 Å². The first kappa shape index (κ1) is 22.5. The standard InChI is InChI=1S/C22H25N3O5S/c1-12(2)18(25-20(28)13-7-4-3-5-8-13)22(29)30-11-16(26)24-21-17(19(23)27)14-9-6-10-15(14)31-21/h3-5,7-8,12,18H,6,9-11H2,1-2H3,(H2,23,27)(H,24,26)(H,25,28). The largest absolute Gasteiger partial charge is 0.454 e. The van der Waals surface area contributed by atoms with Gasteiger partial charge in [-0.15, -0.1) is 11.3 Å². The van der Waals surface area contributed by atoms with E-state index in [4.69, 9.17) is 10.5 Å². The molecule has 1 aliphatic carbocycles. The average molecular weight is 444 g/mol. The Balaban J connectivity index is 1.59. The van der Waals surface area contributed by atoms with Crippen LogP contribution in [0.3, 0.4) is 0 Å². The molecule has 2 aromatic rings. The number of hydrogen-bond donors (Lipinski definition) is 3.